The molecule has 114 valence electrons. The Bertz CT molecular complexity index is 663. The first-order valence-corrected chi connectivity index (χ1v) is 6.88. The molecule has 0 spiro atoms. The summed E-state index contributed by atoms with van der Waals surface area (Å²) in [7, 11) is 0. The topological polar surface area (TPSA) is 84.8 Å². The molecular weight excluding hydrogens is 277 g/mol. The Morgan fingerprint density at radius 1 is 1.43 bits per heavy atom. The van der Waals surface area contributed by atoms with E-state index in [0.29, 0.717) is 29.7 Å². The molecule has 1 aliphatic rings. The average Bonchev–Trinajstić information content (AvgIpc) is 2.79. The van der Waals surface area contributed by atoms with Crippen molar-refractivity contribution in [2.45, 2.75) is 32.7 Å². The van der Waals surface area contributed by atoms with Crippen molar-refractivity contribution in [1.29, 1.82) is 0 Å². The van der Waals surface area contributed by atoms with Crippen LogP contribution in [0.2, 0.25) is 0 Å². The number of aromatic nitrogens is 1. The monoisotopic (exact) mass is 295 g/mol. The number of fused-ring (bicyclic) bond motifs is 1. The number of nitrogen functional groups attached to an aromatic ring is 1. The van der Waals surface area contributed by atoms with Crippen LogP contribution in [0, 0.1) is 5.82 Å². The largest absolute Gasteiger partial charge is 0.392 e. The number of hydrogen-bond acceptors (Lipinski definition) is 6. The molecule has 1 aromatic heterocycles. The fourth-order valence-electron chi connectivity index (χ4n) is 2.92. The normalized spacial score (nSPS) is 23.0. The molecule has 3 rings (SSSR count). The average molecular weight is 295 g/mol. The van der Waals surface area contributed by atoms with Crippen LogP contribution in [0.4, 0.5) is 15.9 Å². The predicted octanol–water partition coefficient (Wildman–Crippen LogP) is 1.66. The van der Waals surface area contributed by atoms with Gasteiger partial charge in [0.15, 0.2) is 11.6 Å². The van der Waals surface area contributed by atoms with Crippen molar-refractivity contribution < 1.29 is 18.8 Å². The van der Waals surface area contributed by atoms with Gasteiger partial charge >= 0.3 is 0 Å². The van der Waals surface area contributed by atoms with Gasteiger partial charge < -0.3 is 25.0 Å². The third kappa shape index (κ3) is 2.32. The van der Waals surface area contributed by atoms with Crippen molar-refractivity contribution in [3.8, 4) is 0 Å². The summed E-state index contributed by atoms with van der Waals surface area (Å²) >= 11 is 0. The van der Waals surface area contributed by atoms with Crippen molar-refractivity contribution >= 4 is 22.5 Å². The van der Waals surface area contributed by atoms with E-state index in [1.807, 2.05) is 18.7 Å². The second kappa shape index (κ2) is 5.16. The van der Waals surface area contributed by atoms with Gasteiger partial charge in [0, 0.05) is 18.7 Å². The first kappa shape index (κ1) is 14.1. The van der Waals surface area contributed by atoms with Gasteiger partial charge in [-0.05, 0) is 19.9 Å². The van der Waals surface area contributed by atoms with Gasteiger partial charge in [0.25, 0.3) is 0 Å². The molecule has 1 saturated heterocycles. The van der Waals surface area contributed by atoms with Gasteiger partial charge in [-0.3, -0.25) is 0 Å². The van der Waals surface area contributed by atoms with Crippen LogP contribution in [0.1, 0.15) is 19.4 Å². The van der Waals surface area contributed by atoms with Crippen LogP contribution in [0.5, 0.6) is 0 Å². The van der Waals surface area contributed by atoms with Crippen molar-refractivity contribution in [3.63, 3.8) is 0 Å². The number of benzene rings is 1. The summed E-state index contributed by atoms with van der Waals surface area (Å²) in [6, 6.07) is 1.63. The molecule has 1 fully saturated rings. The van der Waals surface area contributed by atoms with E-state index >= 15 is 0 Å². The Labute approximate surface area is 121 Å². The van der Waals surface area contributed by atoms with E-state index in [2.05, 4.69) is 5.16 Å². The van der Waals surface area contributed by atoms with Crippen LogP contribution >= 0.6 is 0 Å². The van der Waals surface area contributed by atoms with Crippen LogP contribution in [0.3, 0.4) is 0 Å². The molecule has 0 amide bonds. The van der Waals surface area contributed by atoms with Crippen LogP contribution < -0.4 is 10.6 Å². The zero-order chi connectivity index (χ0) is 15.1. The van der Waals surface area contributed by atoms with Gasteiger partial charge in [0.1, 0.15) is 0 Å². The molecule has 1 aliphatic heterocycles. The smallest absolute Gasteiger partial charge is 0.206 e. The number of aliphatic hydroxyl groups excluding tert-OH is 1. The summed E-state index contributed by atoms with van der Waals surface area (Å²) in [4.78, 5) is 1.87. The van der Waals surface area contributed by atoms with Gasteiger partial charge in [0.2, 0.25) is 5.58 Å². The molecule has 0 radical (unpaired) electrons. The fourth-order valence-corrected chi connectivity index (χ4v) is 2.92. The Hall–Kier alpha value is -1.86. The summed E-state index contributed by atoms with van der Waals surface area (Å²) in [5.74, 6) is -0.420. The van der Waals surface area contributed by atoms with Crippen molar-refractivity contribution in [2.75, 3.05) is 23.7 Å². The highest BCUT2D eigenvalue weighted by Gasteiger charge is 2.28. The number of morpholine rings is 1. The van der Waals surface area contributed by atoms with Crippen LogP contribution in [-0.2, 0) is 11.3 Å². The molecule has 6 nitrogen and oxygen atoms in total. The van der Waals surface area contributed by atoms with E-state index in [-0.39, 0.29) is 30.2 Å². The van der Waals surface area contributed by atoms with Gasteiger partial charge in [-0.1, -0.05) is 5.16 Å². The number of nitrogens with two attached hydrogens (primary N) is 1. The molecule has 0 saturated carbocycles. The Kier molecular flexibility index (Phi) is 3.46. The molecule has 21 heavy (non-hydrogen) atoms. The second-order valence-corrected chi connectivity index (χ2v) is 5.46. The van der Waals surface area contributed by atoms with E-state index in [1.165, 1.54) is 0 Å². The predicted molar refractivity (Wildman–Crippen MR) is 76.5 cm³/mol. The van der Waals surface area contributed by atoms with Crippen LogP contribution in [0.15, 0.2) is 10.6 Å². The Morgan fingerprint density at radius 2 is 2.10 bits per heavy atom. The maximum Gasteiger partial charge on any atom is 0.206 e. The van der Waals surface area contributed by atoms with E-state index in [9.17, 15) is 9.50 Å². The number of rotatable bonds is 2. The summed E-state index contributed by atoms with van der Waals surface area (Å²) in [6.07, 6.45) is -0.0367. The number of halogens is 1. The molecule has 3 N–H and O–H groups in total. The number of hydrogen-bond donors (Lipinski definition) is 2. The number of nitrogens with zero attached hydrogens (tertiary/aromatic N) is 2. The number of ether oxygens (including phenoxy) is 1. The maximum atomic E-state index is 14.8. The minimum Gasteiger partial charge on any atom is -0.392 e. The quantitative estimate of drug-likeness (QED) is 0.876. The zero-order valence-electron chi connectivity index (χ0n) is 12.0. The molecule has 2 atom stereocenters. The lowest BCUT2D eigenvalue weighted by molar-refractivity contribution is -0.00549. The third-order valence-electron chi connectivity index (χ3n) is 3.69. The first-order chi connectivity index (χ1) is 10.0. The van der Waals surface area contributed by atoms with E-state index in [1.54, 1.807) is 6.07 Å². The third-order valence-corrected chi connectivity index (χ3v) is 3.69. The minimum atomic E-state index is -0.540. The molecule has 7 heteroatoms. The standard InChI is InChI=1S/C14H18FN3O3/c1-7-4-18(5-8(2)20-7)12-9(6-19)3-10-13(11(12)15)21-17-14(10)16/h3,7-8,19H,4-6H2,1-2H3,(H2,16,17)/t7-,8+. The summed E-state index contributed by atoms with van der Waals surface area (Å²) < 4.78 is 25.4. The Balaban J connectivity index is 2.14. The van der Waals surface area contributed by atoms with Crippen molar-refractivity contribution in [3.05, 3.63) is 17.4 Å². The van der Waals surface area contributed by atoms with Gasteiger partial charge in [-0.15, -0.1) is 0 Å². The highest BCUT2D eigenvalue weighted by molar-refractivity contribution is 5.91. The molecular formula is C14H18FN3O3. The lowest BCUT2D eigenvalue weighted by Gasteiger charge is -2.37. The molecule has 0 bridgehead atoms. The molecule has 0 unspecified atom stereocenters. The first-order valence-electron chi connectivity index (χ1n) is 6.88. The highest BCUT2D eigenvalue weighted by Crippen LogP contribution is 2.35. The summed E-state index contributed by atoms with van der Waals surface area (Å²) in [6.45, 7) is 4.67. The van der Waals surface area contributed by atoms with Crippen molar-refractivity contribution in [2.24, 2.45) is 0 Å². The van der Waals surface area contributed by atoms with Gasteiger partial charge in [-0.2, -0.15) is 0 Å². The molecule has 2 aromatic rings. The lowest BCUT2D eigenvalue weighted by atomic mass is 10.1. The van der Waals surface area contributed by atoms with E-state index in [4.69, 9.17) is 15.0 Å². The van der Waals surface area contributed by atoms with Gasteiger partial charge in [-0.25, -0.2) is 4.39 Å². The zero-order valence-corrected chi connectivity index (χ0v) is 12.0. The Morgan fingerprint density at radius 3 is 2.71 bits per heavy atom. The van der Waals surface area contributed by atoms with Gasteiger partial charge in [0.05, 0.1) is 29.9 Å². The molecule has 2 heterocycles. The summed E-state index contributed by atoms with van der Waals surface area (Å²) in [5.41, 5.74) is 6.48. The SMILES string of the molecule is C[C@@H]1CN(c2c(CO)cc3c(N)noc3c2F)C[C@H](C)O1. The second-order valence-electron chi connectivity index (χ2n) is 5.46. The lowest BCUT2D eigenvalue weighted by Crippen LogP contribution is -2.46. The maximum absolute atomic E-state index is 14.8. The van der Waals surface area contributed by atoms with E-state index < -0.39 is 5.82 Å². The van der Waals surface area contributed by atoms with Crippen molar-refractivity contribution in [1.82, 2.24) is 5.16 Å². The number of anilines is 2. The minimum absolute atomic E-state index is 0.0183. The van der Waals surface area contributed by atoms with Crippen LogP contribution in [0.25, 0.3) is 11.0 Å². The van der Waals surface area contributed by atoms with E-state index in [0.717, 1.165) is 0 Å². The fraction of sp³-hybridized carbons (Fsp3) is 0.500. The summed E-state index contributed by atoms with van der Waals surface area (Å²) in [5, 5.41) is 13.5. The highest BCUT2D eigenvalue weighted by atomic mass is 19.1. The number of aliphatic hydroxyl groups is 1. The molecule has 0 aliphatic carbocycles. The van der Waals surface area contributed by atoms with Crippen LogP contribution in [-0.4, -0.2) is 35.6 Å². The molecule has 1 aromatic carbocycles.